The van der Waals surface area contributed by atoms with Crippen LogP contribution in [0.2, 0.25) is 5.15 Å². The fraction of sp³-hybridized carbons (Fsp3) is 0.364. The molecule has 0 aliphatic rings. The lowest BCUT2D eigenvalue weighted by molar-refractivity contribution is 0.0483. The minimum absolute atomic E-state index is 0.194. The van der Waals surface area contributed by atoms with Gasteiger partial charge in [0.25, 0.3) is 5.91 Å². The average Bonchev–Trinajstić information content (AvgIpc) is 2.23. The number of hydrogen-bond donors (Lipinski definition) is 2. The van der Waals surface area contributed by atoms with Crippen molar-refractivity contribution < 1.29 is 14.3 Å². The molecule has 2 N–H and O–H groups in total. The Morgan fingerprint density at radius 2 is 2.00 bits per heavy atom. The van der Waals surface area contributed by atoms with Gasteiger partial charge in [0.1, 0.15) is 10.8 Å². The molecule has 0 bridgehead atoms. The van der Waals surface area contributed by atoms with Crippen LogP contribution in [0.4, 0.5) is 4.79 Å². The summed E-state index contributed by atoms with van der Waals surface area (Å²) in [6.07, 6.45) is 0.654. The number of hydrazine groups is 1. The molecular formula is C11H14ClN3O3. The zero-order valence-electron chi connectivity index (χ0n) is 10.3. The van der Waals surface area contributed by atoms with Crippen molar-refractivity contribution in [3.63, 3.8) is 0 Å². The first-order valence-electron chi connectivity index (χ1n) is 5.19. The van der Waals surface area contributed by atoms with Crippen molar-refractivity contribution in [2.75, 3.05) is 0 Å². The molecule has 7 heteroatoms. The molecule has 0 unspecified atom stereocenters. The first-order valence-corrected chi connectivity index (χ1v) is 5.56. The van der Waals surface area contributed by atoms with E-state index in [1.54, 1.807) is 20.8 Å². The standard InChI is InChI=1S/C11H14ClN3O3/c1-11(2,3)18-10(17)15-14-9(16)7-4-5-13-8(12)6-7/h4-6H,1-3H3,(H,14,16)(H,15,17). The number of carbonyl (C=O) groups excluding carboxylic acids is 2. The topological polar surface area (TPSA) is 80.3 Å². The Morgan fingerprint density at radius 3 is 2.56 bits per heavy atom. The Labute approximate surface area is 110 Å². The SMILES string of the molecule is CC(C)(C)OC(=O)NNC(=O)c1ccnc(Cl)c1. The molecule has 0 aliphatic carbocycles. The zero-order valence-corrected chi connectivity index (χ0v) is 11.0. The number of nitrogens with zero attached hydrogens (tertiary/aromatic N) is 1. The number of amides is 2. The first kappa shape index (κ1) is 14.2. The molecule has 6 nitrogen and oxygen atoms in total. The third-order valence-corrected chi connectivity index (χ3v) is 1.87. The summed E-state index contributed by atoms with van der Waals surface area (Å²) < 4.78 is 4.94. The lowest BCUT2D eigenvalue weighted by Gasteiger charge is -2.19. The van der Waals surface area contributed by atoms with Gasteiger partial charge in [0.2, 0.25) is 0 Å². The Morgan fingerprint density at radius 1 is 1.33 bits per heavy atom. The second-order valence-corrected chi connectivity index (χ2v) is 4.84. The Balaban J connectivity index is 2.49. The summed E-state index contributed by atoms with van der Waals surface area (Å²) in [5.41, 5.74) is 3.98. The highest BCUT2D eigenvalue weighted by Gasteiger charge is 2.16. The van der Waals surface area contributed by atoms with Crippen LogP contribution in [0.25, 0.3) is 0 Å². The van der Waals surface area contributed by atoms with Gasteiger partial charge in [0, 0.05) is 11.8 Å². The monoisotopic (exact) mass is 271 g/mol. The zero-order chi connectivity index (χ0) is 13.8. The molecule has 98 valence electrons. The molecule has 0 radical (unpaired) electrons. The summed E-state index contributed by atoms with van der Waals surface area (Å²) >= 11 is 5.64. The molecule has 0 spiro atoms. The van der Waals surface area contributed by atoms with Crippen LogP contribution in [-0.2, 0) is 4.74 Å². The van der Waals surface area contributed by atoms with Gasteiger partial charge in [-0.2, -0.15) is 0 Å². The summed E-state index contributed by atoms with van der Waals surface area (Å²) in [5.74, 6) is -0.509. The molecule has 0 aromatic carbocycles. The fourth-order valence-electron chi connectivity index (χ4n) is 1.03. The number of rotatable bonds is 1. The molecular weight excluding hydrogens is 258 g/mol. The molecule has 1 rings (SSSR count). The normalized spacial score (nSPS) is 10.7. The van der Waals surface area contributed by atoms with E-state index in [0.29, 0.717) is 0 Å². The molecule has 1 aromatic rings. The fourth-order valence-corrected chi connectivity index (χ4v) is 1.20. The van der Waals surface area contributed by atoms with Crippen LogP contribution in [0.15, 0.2) is 18.3 Å². The second-order valence-electron chi connectivity index (χ2n) is 4.45. The number of hydrogen-bond acceptors (Lipinski definition) is 4. The van der Waals surface area contributed by atoms with Crippen LogP contribution in [0.1, 0.15) is 31.1 Å². The van der Waals surface area contributed by atoms with Crippen LogP contribution < -0.4 is 10.9 Å². The van der Waals surface area contributed by atoms with Crippen molar-refractivity contribution in [2.24, 2.45) is 0 Å². The predicted octanol–water partition coefficient (Wildman–Crippen LogP) is 1.90. The van der Waals surface area contributed by atoms with Crippen LogP contribution in [0.5, 0.6) is 0 Å². The lowest BCUT2D eigenvalue weighted by Crippen LogP contribution is -2.44. The van der Waals surface area contributed by atoms with Crippen LogP contribution in [0.3, 0.4) is 0 Å². The highest BCUT2D eigenvalue weighted by molar-refractivity contribution is 6.29. The second kappa shape index (κ2) is 5.68. The molecule has 1 aromatic heterocycles. The molecule has 18 heavy (non-hydrogen) atoms. The van der Waals surface area contributed by atoms with Gasteiger partial charge in [-0.3, -0.25) is 10.2 Å². The highest BCUT2D eigenvalue weighted by atomic mass is 35.5. The summed E-state index contributed by atoms with van der Waals surface area (Å²) in [5, 5.41) is 0.194. The quantitative estimate of drug-likeness (QED) is 0.604. The molecule has 0 saturated carbocycles. The molecule has 0 atom stereocenters. The van der Waals surface area contributed by atoms with Crippen LogP contribution >= 0.6 is 11.6 Å². The molecule has 0 saturated heterocycles. The van der Waals surface area contributed by atoms with Crippen LogP contribution in [-0.4, -0.2) is 22.6 Å². The summed E-state index contributed by atoms with van der Waals surface area (Å²) in [7, 11) is 0. The Bertz CT molecular complexity index is 457. The number of nitrogens with one attached hydrogen (secondary N) is 2. The largest absolute Gasteiger partial charge is 0.443 e. The van der Waals surface area contributed by atoms with E-state index in [0.717, 1.165) is 0 Å². The Hall–Kier alpha value is -1.82. The number of aromatic nitrogens is 1. The maximum atomic E-state index is 11.6. The number of carbonyl (C=O) groups is 2. The van der Waals surface area contributed by atoms with E-state index in [1.165, 1.54) is 18.3 Å². The van der Waals surface area contributed by atoms with Gasteiger partial charge >= 0.3 is 6.09 Å². The third-order valence-electron chi connectivity index (χ3n) is 1.67. The maximum Gasteiger partial charge on any atom is 0.426 e. The summed E-state index contributed by atoms with van der Waals surface area (Å²) in [4.78, 5) is 26.6. The van der Waals surface area contributed by atoms with Gasteiger partial charge in [-0.25, -0.2) is 15.2 Å². The number of ether oxygens (including phenoxy) is 1. The van der Waals surface area contributed by atoms with Crippen molar-refractivity contribution in [2.45, 2.75) is 26.4 Å². The van der Waals surface area contributed by atoms with Crippen molar-refractivity contribution in [1.29, 1.82) is 0 Å². The van der Waals surface area contributed by atoms with E-state index >= 15 is 0 Å². The number of halogens is 1. The maximum absolute atomic E-state index is 11.6. The number of pyridine rings is 1. The molecule has 0 aliphatic heterocycles. The minimum atomic E-state index is -0.740. The summed E-state index contributed by atoms with van der Waals surface area (Å²) in [6.45, 7) is 5.16. The van der Waals surface area contributed by atoms with E-state index in [-0.39, 0.29) is 10.7 Å². The van der Waals surface area contributed by atoms with E-state index < -0.39 is 17.6 Å². The highest BCUT2D eigenvalue weighted by Crippen LogP contribution is 2.07. The van der Waals surface area contributed by atoms with E-state index in [9.17, 15) is 9.59 Å². The van der Waals surface area contributed by atoms with Gasteiger partial charge < -0.3 is 4.74 Å². The molecule has 1 heterocycles. The lowest BCUT2D eigenvalue weighted by atomic mass is 10.2. The Kier molecular flexibility index (Phi) is 4.49. The smallest absolute Gasteiger partial charge is 0.426 e. The first-order chi connectivity index (χ1) is 8.28. The van der Waals surface area contributed by atoms with Gasteiger partial charge in [-0.05, 0) is 32.9 Å². The summed E-state index contributed by atoms with van der Waals surface area (Å²) in [6, 6.07) is 2.85. The molecule has 2 amide bonds. The minimum Gasteiger partial charge on any atom is -0.443 e. The van der Waals surface area contributed by atoms with Gasteiger partial charge in [0.15, 0.2) is 0 Å². The van der Waals surface area contributed by atoms with Crippen molar-refractivity contribution in [3.05, 3.63) is 29.0 Å². The average molecular weight is 272 g/mol. The van der Waals surface area contributed by atoms with Crippen molar-refractivity contribution in [1.82, 2.24) is 15.8 Å². The van der Waals surface area contributed by atoms with Gasteiger partial charge in [-0.15, -0.1) is 0 Å². The van der Waals surface area contributed by atoms with E-state index in [1.807, 2.05) is 0 Å². The van der Waals surface area contributed by atoms with Crippen molar-refractivity contribution in [3.8, 4) is 0 Å². The van der Waals surface area contributed by atoms with E-state index in [2.05, 4.69) is 15.8 Å². The van der Waals surface area contributed by atoms with Crippen molar-refractivity contribution >= 4 is 23.6 Å². The third kappa shape index (κ3) is 5.01. The van der Waals surface area contributed by atoms with Gasteiger partial charge in [0.05, 0.1) is 0 Å². The van der Waals surface area contributed by atoms with E-state index in [4.69, 9.17) is 16.3 Å². The molecule has 0 fully saturated rings. The predicted molar refractivity (Wildman–Crippen MR) is 66.1 cm³/mol. The van der Waals surface area contributed by atoms with Crippen LogP contribution in [0, 0.1) is 0 Å². The van der Waals surface area contributed by atoms with Gasteiger partial charge in [-0.1, -0.05) is 11.6 Å².